The Bertz CT molecular complexity index is 653. The number of nitrogens with zero attached hydrogens (tertiary/aromatic N) is 1. The second-order valence-electron chi connectivity index (χ2n) is 7.17. The molecule has 1 aliphatic rings. The summed E-state index contributed by atoms with van der Waals surface area (Å²) in [6.45, 7) is 9.37. The molecule has 0 fully saturated rings. The fourth-order valence-corrected chi connectivity index (χ4v) is 2.41. The zero-order valence-electron chi connectivity index (χ0n) is 14.2. The van der Waals surface area contributed by atoms with Gasteiger partial charge in [-0.3, -0.25) is 4.99 Å². The van der Waals surface area contributed by atoms with E-state index in [9.17, 15) is 4.79 Å². The number of allylic oxidation sites excluding steroid dienone is 1. The average Bonchev–Trinajstić information content (AvgIpc) is 2.86. The van der Waals surface area contributed by atoms with Gasteiger partial charge in [0.15, 0.2) is 0 Å². The number of benzene rings is 1. The van der Waals surface area contributed by atoms with Crippen molar-refractivity contribution in [2.45, 2.75) is 52.2 Å². The minimum Gasteiger partial charge on any atom is -0.444 e. The molecule has 4 nitrogen and oxygen atoms in total. The van der Waals surface area contributed by atoms with E-state index in [1.165, 1.54) is 0 Å². The highest BCUT2D eigenvalue weighted by Gasteiger charge is 2.31. The Morgan fingerprint density at radius 3 is 2.35 bits per heavy atom. The van der Waals surface area contributed by atoms with Gasteiger partial charge in [-0.25, -0.2) is 4.79 Å². The summed E-state index contributed by atoms with van der Waals surface area (Å²) in [5.41, 5.74) is 1.99. The van der Waals surface area contributed by atoms with Crippen LogP contribution in [0.15, 0.2) is 35.5 Å². The van der Waals surface area contributed by atoms with Gasteiger partial charge in [0.05, 0.1) is 5.54 Å². The molecule has 0 bridgehead atoms. The first-order chi connectivity index (χ1) is 10.6. The van der Waals surface area contributed by atoms with E-state index < -0.39 is 17.2 Å². The van der Waals surface area contributed by atoms with Crippen LogP contribution in [0.5, 0.6) is 0 Å². The maximum absolute atomic E-state index is 12.0. The van der Waals surface area contributed by atoms with Crippen molar-refractivity contribution in [2.24, 2.45) is 4.99 Å². The minimum atomic E-state index is -0.576. The van der Waals surface area contributed by atoms with Crippen LogP contribution in [0.3, 0.4) is 0 Å². The molecule has 0 spiro atoms. The van der Waals surface area contributed by atoms with Crippen molar-refractivity contribution in [1.82, 2.24) is 5.32 Å². The predicted molar refractivity (Wildman–Crippen MR) is 94.9 cm³/mol. The van der Waals surface area contributed by atoms with Crippen molar-refractivity contribution >= 4 is 29.0 Å². The number of hydrogen-bond acceptors (Lipinski definition) is 3. The summed E-state index contributed by atoms with van der Waals surface area (Å²) >= 11 is 5.92. The van der Waals surface area contributed by atoms with Gasteiger partial charge in [0, 0.05) is 23.4 Å². The van der Waals surface area contributed by atoms with Gasteiger partial charge >= 0.3 is 6.09 Å². The molecule has 5 heteroatoms. The van der Waals surface area contributed by atoms with E-state index >= 15 is 0 Å². The van der Waals surface area contributed by atoms with Crippen molar-refractivity contribution in [3.8, 4) is 0 Å². The Balaban J connectivity index is 2.01. The number of ether oxygens (including phenoxy) is 1. The number of rotatable bonds is 3. The van der Waals surface area contributed by atoms with Gasteiger partial charge in [-0.1, -0.05) is 23.7 Å². The topological polar surface area (TPSA) is 50.7 Å². The van der Waals surface area contributed by atoms with Gasteiger partial charge in [0.1, 0.15) is 5.60 Å². The monoisotopic (exact) mass is 334 g/mol. The summed E-state index contributed by atoms with van der Waals surface area (Å²) in [5.74, 6) is 0. The molecular weight excluding hydrogens is 312 g/mol. The van der Waals surface area contributed by atoms with Crippen LogP contribution in [-0.2, 0) is 4.74 Å². The molecule has 0 aromatic heterocycles. The molecule has 1 aromatic carbocycles. The summed E-state index contributed by atoms with van der Waals surface area (Å²) in [7, 11) is 0. The first kappa shape index (κ1) is 17.5. The van der Waals surface area contributed by atoms with E-state index in [0.29, 0.717) is 11.4 Å². The molecule has 2 rings (SSSR count). The van der Waals surface area contributed by atoms with Crippen molar-refractivity contribution in [3.05, 3.63) is 41.1 Å². The molecule has 1 amide bonds. The SMILES string of the molecule is CC(C)(C)OC(=O)NC(C)(C)C1=NC=C(c2ccc(Cl)cc2)C1. The number of carbonyl (C=O) groups is 1. The van der Waals surface area contributed by atoms with Gasteiger partial charge < -0.3 is 10.1 Å². The van der Waals surface area contributed by atoms with Gasteiger partial charge in [-0.05, 0) is 57.9 Å². The third-order valence-electron chi connectivity index (χ3n) is 3.48. The fraction of sp³-hybridized carbons (Fsp3) is 0.444. The third-order valence-corrected chi connectivity index (χ3v) is 3.74. The number of nitrogens with one attached hydrogen (secondary N) is 1. The second kappa shape index (κ2) is 6.36. The molecule has 1 aliphatic heterocycles. The molecule has 1 heterocycles. The molecule has 0 aliphatic carbocycles. The van der Waals surface area contributed by atoms with Crippen molar-refractivity contribution < 1.29 is 9.53 Å². The smallest absolute Gasteiger partial charge is 0.408 e. The van der Waals surface area contributed by atoms with Crippen molar-refractivity contribution in [1.29, 1.82) is 0 Å². The number of amides is 1. The summed E-state index contributed by atoms with van der Waals surface area (Å²) < 4.78 is 5.32. The van der Waals surface area contributed by atoms with E-state index in [4.69, 9.17) is 16.3 Å². The van der Waals surface area contributed by atoms with Crippen LogP contribution in [0.25, 0.3) is 5.57 Å². The van der Waals surface area contributed by atoms with E-state index in [-0.39, 0.29) is 0 Å². The molecule has 0 saturated carbocycles. The van der Waals surface area contributed by atoms with Crippen LogP contribution in [0.4, 0.5) is 4.79 Å². The van der Waals surface area contributed by atoms with Gasteiger partial charge in [0.2, 0.25) is 0 Å². The largest absolute Gasteiger partial charge is 0.444 e. The highest BCUT2D eigenvalue weighted by molar-refractivity contribution is 6.30. The van der Waals surface area contributed by atoms with Crippen LogP contribution in [0, 0.1) is 0 Å². The highest BCUT2D eigenvalue weighted by Crippen LogP contribution is 2.28. The minimum absolute atomic E-state index is 0.440. The molecule has 23 heavy (non-hydrogen) atoms. The lowest BCUT2D eigenvalue weighted by Crippen LogP contribution is -2.50. The number of hydrogen-bond donors (Lipinski definition) is 1. The van der Waals surface area contributed by atoms with Gasteiger partial charge in [-0.15, -0.1) is 0 Å². The van der Waals surface area contributed by atoms with Gasteiger partial charge in [-0.2, -0.15) is 0 Å². The summed E-state index contributed by atoms with van der Waals surface area (Å²) in [4.78, 5) is 16.5. The Hall–Kier alpha value is -1.81. The van der Waals surface area contributed by atoms with E-state index in [2.05, 4.69) is 10.3 Å². The Morgan fingerprint density at radius 2 is 1.78 bits per heavy atom. The van der Waals surface area contributed by atoms with E-state index in [1.54, 1.807) is 0 Å². The molecular formula is C18H23ClN2O2. The lowest BCUT2D eigenvalue weighted by atomic mass is 9.92. The first-order valence-electron chi connectivity index (χ1n) is 7.60. The zero-order valence-corrected chi connectivity index (χ0v) is 15.0. The Labute approximate surface area is 142 Å². The quantitative estimate of drug-likeness (QED) is 0.860. The lowest BCUT2D eigenvalue weighted by molar-refractivity contribution is 0.0496. The zero-order chi connectivity index (χ0) is 17.3. The molecule has 0 radical (unpaired) electrons. The maximum Gasteiger partial charge on any atom is 0.408 e. The van der Waals surface area contributed by atoms with Gasteiger partial charge in [0.25, 0.3) is 0 Å². The fourth-order valence-electron chi connectivity index (χ4n) is 2.28. The second-order valence-corrected chi connectivity index (χ2v) is 7.60. The van der Waals surface area contributed by atoms with Crippen LogP contribution in [0.2, 0.25) is 5.02 Å². The molecule has 1 N–H and O–H groups in total. The standard InChI is InChI=1S/C18H23ClN2O2/c1-17(2,3)23-16(22)21-18(4,5)15-10-13(11-20-15)12-6-8-14(19)9-7-12/h6-9,11H,10H2,1-5H3,(H,21,22). The molecule has 124 valence electrons. The first-order valence-corrected chi connectivity index (χ1v) is 7.98. The number of halogens is 1. The van der Waals surface area contributed by atoms with E-state index in [1.807, 2.05) is 65.1 Å². The number of aliphatic imine (C=N–C) groups is 1. The van der Waals surface area contributed by atoms with Crippen molar-refractivity contribution in [2.75, 3.05) is 0 Å². The number of alkyl carbamates (subject to hydrolysis) is 1. The average molecular weight is 335 g/mol. The van der Waals surface area contributed by atoms with E-state index in [0.717, 1.165) is 16.8 Å². The normalized spacial score (nSPS) is 15.0. The Morgan fingerprint density at radius 1 is 1.17 bits per heavy atom. The van der Waals surface area contributed by atoms with Crippen molar-refractivity contribution in [3.63, 3.8) is 0 Å². The molecule has 0 atom stereocenters. The summed E-state index contributed by atoms with van der Waals surface area (Å²) in [6.07, 6.45) is 2.09. The Kier molecular flexibility index (Phi) is 4.85. The molecule has 1 aromatic rings. The van der Waals surface area contributed by atoms with Crippen LogP contribution in [-0.4, -0.2) is 22.9 Å². The summed E-state index contributed by atoms with van der Waals surface area (Å²) in [6, 6.07) is 7.67. The highest BCUT2D eigenvalue weighted by atomic mass is 35.5. The van der Waals surface area contributed by atoms with Crippen LogP contribution >= 0.6 is 11.6 Å². The number of carbonyl (C=O) groups excluding carboxylic acids is 1. The summed E-state index contributed by atoms with van der Waals surface area (Å²) in [5, 5.41) is 3.60. The van der Waals surface area contributed by atoms with Crippen LogP contribution in [0.1, 0.15) is 46.6 Å². The van der Waals surface area contributed by atoms with Crippen LogP contribution < -0.4 is 5.32 Å². The lowest BCUT2D eigenvalue weighted by Gasteiger charge is -2.29. The molecule has 0 unspecified atom stereocenters. The molecule has 0 saturated heterocycles. The third kappa shape index (κ3) is 4.83. The predicted octanol–water partition coefficient (Wildman–Crippen LogP) is 4.83. The maximum atomic E-state index is 12.0.